The van der Waals surface area contributed by atoms with E-state index in [-0.39, 0.29) is 0 Å². The van der Waals surface area contributed by atoms with Gasteiger partial charge in [-0.3, -0.25) is 4.99 Å². The Morgan fingerprint density at radius 2 is 2.08 bits per heavy atom. The Morgan fingerprint density at radius 3 is 2.77 bits per heavy atom. The molecular formula is C20H31N5O. The Bertz CT molecular complexity index is 666. The predicted octanol–water partition coefficient (Wildman–Crippen LogP) is 3.15. The maximum atomic E-state index is 5.60. The van der Waals surface area contributed by atoms with Gasteiger partial charge in [0.2, 0.25) is 0 Å². The number of hydrogen-bond donors (Lipinski definition) is 2. The topological polar surface area (TPSA) is 65.5 Å². The number of guanidine groups is 1. The summed E-state index contributed by atoms with van der Waals surface area (Å²) < 4.78 is 5.60. The summed E-state index contributed by atoms with van der Waals surface area (Å²) in [6.45, 7) is 7.40. The minimum Gasteiger partial charge on any atom is -0.381 e. The number of imidazole rings is 1. The van der Waals surface area contributed by atoms with Crippen LogP contribution in [0.3, 0.4) is 0 Å². The number of hydrogen-bond acceptors (Lipinski definition) is 3. The fourth-order valence-corrected chi connectivity index (χ4v) is 2.58. The van der Waals surface area contributed by atoms with E-state index >= 15 is 0 Å². The molecule has 0 fully saturated rings. The van der Waals surface area contributed by atoms with Crippen molar-refractivity contribution >= 4 is 5.96 Å². The van der Waals surface area contributed by atoms with Crippen LogP contribution in [-0.2, 0) is 11.3 Å². The van der Waals surface area contributed by atoms with E-state index in [1.165, 1.54) is 0 Å². The summed E-state index contributed by atoms with van der Waals surface area (Å²) in [5.41, 5.74) is 2.16. The summed E-state index contributed by atoms with van der Waals surface area (Å²) in [6.07, 6.45) is 2.83. The lowest BCUT2D eigenvalue weighted by atomic mass is 10.2. The molecule has 0 saturated carbocycles. The summed E-state index contributed by atoms with van der Waals surface area (Å²) in [5, 5.41) is 3.37. The highest BCUT2D eigenvalue weighted by Gasteiger charge is 2.09. The van der Waals surface area contributed by atoms with Crippen LogP contribution in [0.1, 0.15) is 26.1 Å². The van der Waals surface area contributed by atoms with E-state index < -0.39 is 0 Å². The van der Waals surface area contributed by atoms with Crippen LogP contribution in [0.5, 0.6) is 0 Å². The Hall–Kier alpha value is -2.34. The fraction of sp³-hybridized carbons (Fsp3) is 0.500. The molecule has 26 heavy (non-hydrogen) atoms. The maximum Gasteiger partial charge on any atom is 0.193 e. The minimum absolute atomic E-state index is 0.580. The van der Waals surface area contributed by atoms with Gasteiger partial charge in [0, 0.05) is 33.9 Å². The van der Waals surface area contributed by atoms with Crippen molar-refractivity contribution in [2.45, 2.75) is 26.8 Å². The molecular weight excluding hydrogens is 326 g/mol. The van der Waals surface area contributed by atoms with Crippen LogP contribution in [0.25, 0.3) is 11.3 Å². The summed E-state index contributed by atoms with van der Waals surface area (Å²) in [5.74, 6) is 2.34. The van der Waals surface area contributed by atoms with Crippen molar-refractivity contribution in [1.82, 2.24) is 20.2 Å². The SMILES string of the molecule is CN=C(NCCCOCC(C)C)N(C)Cc1ncc(-c2ccccc2)[nH]1. The third kappa shape index (κ3) is 6.52. The number of H-pyrrole nitrogens is 1. The molecule has 6 heteroatoms. The molecule has 0 radical (unpaired) electrons. The van der Waals surface area contributed by atoms with Crippen molar-refractivity contribution < 1.29 is 4.74 Å². The van der Waals surface area contributed by atoms with Crippen LogP contribution in [-0.4, -0.2) is 54.7 Å². The van der Waals surface area contributed by atoms with Crippen LogP contribution in [0, 0.1) is 5.92 Å². The molecule has 0 saturated heterocycles. The molecule has 1 heterocycles. The third-order valence-electron chi connectivity index (χ3n) is 3.87. The second-order valence-corrected chi connectivity index (χ2v) is 6.76. The molecule has 1 aromatic carbocycles. The smallest absolute Gasteiger partial charge is 0.193 e. The van der Waals surface area contributed by atoms with Gasteiger partial charge in [-0.15, -0.1) is 0 Å². The Labute approximate surface area is 156 Å². The van der Waals surface area contributed by atoms with Gasteiger partial charge in [0.15, 0.2) is 5.96 Å². The molecule has 2 N–H and O–H groups in total. The van der Waals surface area contributed by atoms with Gasteiger partial charge in [-0.25, -0.2) is 4.98 Å². The van der Waals surface area contributed by atoms with E-state index in [4.69, 9.17) is 4.74 Å². The van der Waals surface area contributed by atoms with Gasteiger partial charge in [-0.1, -0.05) is 44.2 Å². The predicted molar refractivity (Wildman–Crippen MR) is 107 cm³/mol. The van der Waals surface area contributed by atoms with Gasteiger partial charge in [0.25, 0.3) is 0 Å². The molecule has 0 aliphatic heterocycles. The molecule has 0 atom stereocenters. The average molecular weight is 358 g/mol. The van der Waals surface area contributed by atoms with Gasteiger partial charge in [0.1, 0.15) is 5.82 Å². The molecule has 0 aliphatic carbocycles. The lowest BCUT2D eigenvalue weighted by Crippen LogP contribution is -2.39. The van der Waals surface area contributed by atoms with Crippen molar-refractivity contribution in [1.29, 1.82) is 0 Å². The molecule has 6 nitrogen and oxygen atoms in total. The number of aromatic amines is 1. The lowest BCUT2D eigenvalue weighted by molar-refractivity contribution is 0.108. The molecule has 0 amide bonds. The molecule has 1 aromatic heterocycles. The maximum absolute atomic E-state index is 5.60. The van der Waals surface area contributed by atoms with Crippen molar-refractivity contribution in [3.8, 4) is 11.3 Å². The number of ether oxygens (including phenoxy) is 1. The largest absolute Gasteiger partial charge is 0.381 e. The molecule has 0 bridgehead atoms. The van der Waals surface area contributed by atoms with Crippen LogP contribution < -0.4 is 5.32 Å². The number of rotatable bonds is 9. The number of aromatic nitrogens is 2. The van der Waals surface area contributed by atoms with Crippen LogP contribution in [0.2, 0.25) is 0 Å². The van der Waals surface area contributed by atoms with Crippen molar-refractivity contribution in [3.05, 3.63) is 42.4 Å². The first-order chi connectivity index (χ1) is 12.6. The fourth-order valence-electron chi connectivity index (χ4n) is 2.58. The van der Waals surface area contributed by atoms with Crippen LogP contribution in [0.15, 0.2) is 41.5 Å². The quantitative estimate of drug-likeness (QED) is 0.411. The molecule has 0 aliphatic rings. The highest BCUT2D eigenvalue weighted by Crippen LogP contribution is 2.16. The van der Waals surface area contributed by atoms with Gasteiger partial charge >= 0.3 is 0 Å². The highest BCUT2D eigenvalue weighted by atomic mass is 16.5. The van der Waals surface area contributed by atoms with E-state index in [0.717, 1.165) is 49.2 Å². The summed E-state index contributed by atoms with van der Waals surface area (Å²) in [7, 11) is 3.81. The first kappa shape index (κ1) is 20.0. The lowest BCUT2D eigenvalue weighted by Gasteiger charge is -2.21. The number of aliphatic imine (C=N–C) groups is 1. The van der Waals surface area contributed by atoms with Crippen molar-refractivity contribution in [2.75, 3.05) is 33.9 Å². The zero-order chi connectivity index (χ0) is 18.8. The molecule has 0 unspecified atom stereocenters. The number of nitrogens with one attached hydrogen (secondary N) is 2. The molecule has 2 rings (SSSR count). The Morgan fingerprint density at radius 1 is 1.31 bits per heavy atom. The van der Waals surface area contributed by atoms with Crippen LogP contribution in [0.4, 0.5) is 0 Å². The van der Waals surface area contributed by atoms with Crippen molar-refractivity contribution in [2.24, 2.45) is 10.9 Å². The van der Waals surface area contributed by atoms with E-state index in [0.29, 0.717) is 12.5 Å². The van der Waals surface area contributed by atoms with E-state index in [2.05, 4.69) is 51.2 Å². The van der Waals surface area contributed by atoms with E-state index in [1.807, 2.05) is 31.4 Å². The van der Waals surface area contributed by atoms with Crippen LogP contribution >= 0.6 is 0 Å². The first-order valence-electron chi connectivity index (χ1n) is 9.19. The second-order valence-electron chi connectivity index (χ2n) is 6.76. The van der Waals surface area contributed by atoms with Crippen molar-refractivity contribution in [3.63, 3.8) is 0 Å². The van der Waals surface area contributed by atoms with Gasteiger partial charge < -0.3 is 19.9 Å². The average Bonchev–Trinajstić information content (AvgIpc) is 3.10. The monoisotopic (exact) mass is 357 g/mol. The normalized spacial score (nSPS) is 11.8. The van der Waals surface area contributed by atoms with Gasteiger partial charge in [0.05, 0.1) is 18.4 Å². The summed E-state index contributed by atoms with van der Waals surface area (Å²) in [4.78, 5) is 14.3. The standard InChI is InChI=1S/C20H31N5O/c1-16(2)15-26-12-8-11-22-20(21-3)25(4)14-19-23-13-18(24-19)17-9-6-5-7-10-17/h5-7,9-10,13,16H,8,11-12,14-15H2,1-4H3,(H,21,22)(H,23,24). The van der Waals surface area contributed by atoms with Gasteiger partial charge in [-0.05, 0) is 17.9 Å². The Kier molecular flexibility index (Phi) is 8.15. The molecule has 142 valence electrons. The number of benzene rings is 1. The van der Waals surface area contributed by atoms with Gasteiger partial charge in [-0.2, -0.15) is 0 Å². The zero-order valence-electron chi connectivity index (χ0n) is 16.3. The molecule has 0 spiro atoms. The summed E-state index contributed by atoms with van der Waals surface area (Å²) >= 11 is 0. The first-order valence-corrected chi connectivity index (χ1v) is 9.19. The summed E-state index contributed by atoms with van der Waals surface area (Å²) in [6, 6.07) is 10.2. The molecule has 2 aromatic rings. The number of nitrogens with zero attached hydrogens (tertiary/aromatic N) is 3. The minimum atomic E-state index is 0.580. The highest BCUT2D eigenvalue weighted by molar-refractivity contribution is 5.79. The zero-order valence-corrected chi connectivity index (χ0v) is 16.3. The van der Waals surface area contributed by atoms with E-state index in [9.17, 15) is 0 Å². The second kappa shape index (κ2) is 10.6. The Balaban J connectivity index is 1.78. The van der Waals surface area contributed by atoms with E-state index in [1.54, 1.807) is 7.05 Å². The third-order valence-corrected chi connectivity index (χ3v) is 3.87.